The molecule has 0 unspecified atom stereocenters. The Morgan fingerprint density at radius 2 is 2.08 bits per heavy atom. The molecule has 4 heteroatoms. The van der Waals surface area contributed by atoms with Crippen LogP contribution in [0.15, 0.2) is 0 Å². The highest BCUT2D eigenvalue weighted by Gasteiger charge is 2.20. The Bertz CT molecular complexity index is 138. The van der Waals surface area contributed by atoms with E-state index in [2.05, 4.69) is 0 Å². The van der Waals surface area contributed by atoms with Gasteiger partial charge >= 0.3 is 5.97 Å². The molecule has 0 aliphatic heterocycles. The van der Waals surface area contributed by atoms with Crippen molar-refractivity contribution >= 4 is 5.97 Å². The van der Waals surface area contributed by atoms with Crippen LogP contribution in [0.25, 0.3) is 0 Å². The van der Waals surface area contributed by atoms with Crippen LogP contribution in [-0.4, -0.2) is 28.3 Å². The first kappa shape index (κ1) is 11.4. The topological polar surface area (TPSA) is 83.5 Å². The summed E-state index contributed by atoms with van der Waals surface area (Å²) in [5, 5.41) is 17.6. The van der Waals surface area contributed by atoms with E-state index in [4.69, 9.17) is 10.8 Å². The molecule has 0 saturated heterocycles. The molecular formula is C8H17NO3. The minimum absolute atomic E-state index is 0.474. The summed E-state index contributed by atoms with van der Waals surface area (Å²) in [6, 6.07) is -1.14. The molecule has 0 amide bonds. The van der Waals surface area contributed by atoms with Crippen molar-refractivity contribution in [3.05, 3.63) is 0 Å². The quantitative estimate of drug-likeness (QED) is 0.508. The molecule has 0 rings (SSSR count). The Hall–Kier alpha value is -0.610. The van der Waals surface area contributed by atoms with Gasteiger partial charge in [-0.25, -0.2) is 0 Å². The van der Waals surface area contributed by atoms with Gasteiger partial charge in [0.25, 0.3) is 0 Å². The number of aliphatic carboxylic acids is 1. The first-order chi connectivity index (χ1) is 5.59. The fourth-order valence-electron chi connectivity index (χ4n) is 0.948. The molecule has 0 heterocycles. The van der Waals surface area contributed by atoms with E-state index in [0.29, 0.717) is 6.42 Å². The van der Waals surface area contributed by atoms with Crippen molar-refractivity contribution in [1.82, 2.24) is 0 Å². The van der Waals surface area contributed by atoms with Gasteiger partial charge in [0, 0.05) is 0 Å². The molecule has 2 atom stereocenters. The van der Waals surface area contributed by atoms with Crippen LogP contribution in [0.5, 0.6) is 0 Å². The number of aliphatic hydroxyl groups excluding tert-OH is 1. The molecule has 0 aliphatic carbocycles. The molecule has 0 aromatic carbocycles. The number of unbranched alkanes of at least 4 members (excludes halogenated alkanes) is 2. The number of hydrogen-bond donors (Lipinski definition) is 3. The number of hydrogen-bond acceptors (Lipinski definition) is 3. The highest BCUT2D eigenvalue weighted by Crippen LogP contribution is 2.05. The van der Waals surface area contributed by atoms with Crippen LogP contribution in [0.1, 0.15) is 32.6 Å². The average molecular weight is 175 g/mol. The van der Waals surface area contributed by atoms with Gasteiger partial charge in [0.1, 0.15) is 6.04 Å². The van der Waals surface area contributed by atoms with Crippen LogP contribution < -0.4 is 5.73 Å². The summed E-state index contributed by atoms with van der Waals surface area (Å²) in [4.78, 5) is 10.3. The van der Waals surface area contributed by atoms with Gasteiger partial charge in [-0.15, -0.1) is 0 Å². The molecule has 0 aliphatic rings. The minimum Gasteiger partial charge on any atom is -0.480 e. The molecule has 0 fully saturated rings. The molecule has 0 saturated carbocycles. The van der Waals surface area contributed by atoms with Crippen LogP contribution in [0.4, 0.5) is 0 Å². The highest BCUT2D eigenvalue weighted by molar-refractivity contribution is 5.73. The molecule has 12 heavy (non-hydrogen) atoms. The van der Waals surface area contributed by atoms with E-state index in [1.54, 1.807) is 0 Å². The number of aliphatic hydroxyl groups is 1. The Morgan fingerprint density at radius 1 is 1.50 bits per heavy atom. The maximum absolute atomic E-state index is 10.3. The summed E-state index contributed by atoms with van der Waals surface area (Å²) in [6.07, 6.45) is 2.45. The van der Waals surface area contributed by atoms with Crippen molar-refractivity contribution in [2.75, 3.05) is 0 Å². The SMILES string of the molecule is CCCCC[C@@H](O)[C@@H](N)C(=O)O. The summed E-state index contributed by atoms with van der Waals surface area (Å²) >= 11 is 0. The van der Waals surface area contributed by atoms with Crippen molar-refractivity contribution < 1.29 is 15.0 Å². The van der Waals surface area contributed by atoms with E-state index in [1.165, 1.54) is 0 Å². The lowest BCUT2D eigenvalue weighted by Gasteiger charge is -2.13. The molecule has 0 radical (unpaired) electrons. The third-order valence-corrected chi connectivity index (χ3v) is 1.80. The van der Waals surface area contributed by atoms with Crippen LogP contribution in [0, 0.1) is 0 Å². The minimum atomic E-state index is -1.14. The lowest BCUT2D eigenvalue weighted by molar-refractivity contribution is -0.141. The largest absolute Gasteiger partial charge is 0.480 e. The molecular weight excluding hydrogens is 158 g/mol. The van der Waals surface area contributed by atoms with Gasteiger partial charge < -0.3 is 15.9 Å². The van der Waals surface area contributed by atoms with Crippen LogP contribution in [-0.2, 0) is 4.79 Å². The van der Waals surface area contributed by atoms with Crippen LogP contribution >= 0.6 is 0 Å². The molecule has 4 N–H and O–H groups in total. The van der Waals surface area contributed by atoms with Gasteiger partial charge in [-0.1, -0.05) is 26.2 Å². The number of nitrogens with two attached hydrogens (primary N) is 1. The Kier molecular flexibility index (Phi) is 5.66. The highest BCUT2D eigenvalue weighted by atomic mass is 16.4. The standard InChI is InChI=1S/C8H17NO3/c1-2-3-4-5-6(10)7(9)8(11)12/h6-7,10H,2-5,9H2,1H3,(H,11,12)/t6-,7-/m1/s1. The molecule has 72 valence electrons. The van der Waals surface area contributed by atoms with Gasteiger partial charge in [0.15, 0.2) is 0 Å². The number of carbonyl (C=O) groups is 1. The summed E-state index contributed by atoms with van der Waals surface area (Å²) in [5.74, 6) is -1.14. The van der Waals surface area contributed by atoms with E-state index in [1.807, 2.05) is 6.92 Å². The van der Waals surface area contributed by atoms with Gasteiger partial charge in [-0.05, 0) is 6.42 Å². The monoisotopic (exact) mass is 175 g/mol. The zero-order valence-corrected chi connectivity index (χ0v) is 7.36. The smallest absolute Gasteiger partial charge is 0.323 e. The van der Waals surface area contributed by atoms with E-state index in [-0.39, 0.29) is 0 Å². The fourth-order valence-corrected chi connectivity index (χ4v) is 0.948. The summed E-state index contributed by atoms with van der Waals surface area (Å²) < 4.78 is 0. The molecule has 0 bridgehead atoms. The second-order valence-electron chi connectivity index (χ2n) is 2.93. The summed E-state index contributed by atoms with van der Waals surface area (Å²) in [7, 11) is 0. The third kappa shape index (κ3) is 4.31. The third-order valence-electron chi connectivity index (χ3n) is 1.80. The van der Waals surface area contributed by atoms with Crippen LogP contribution in [0.3, 0.4) is 0 Å². The number of carboxylic acid groups (broad SMARTS) is 1. The number of carboxylic acids is 1. The summed E-state index contributed by atoms with van der Waals surface area (Å²) in [5.41, 5.74) is 5.19. The lowest BCUT2D eigenvalue weighted by Crippen LogP contribution is -2.41. The Balaban J connectivity index is 3.56. The van der Waals surface area contributed by atoms with Gasteiger partial charge in [0.05, 0.1) is 6.10 Å². The lowest BCUT2D eigenvalue weighted by atomic mass is 10.1. The molecule has 0 aromatic heterocycles. The number of rotatable bonds is 6. The normalized spacial score (nSPS) is 15.6. The van der Waals surface area contributed by atoms with Crippen LogP contribution in [0.2, 0.25) is 0 Å². The summed E-state index contributed by atoms with van der Waals surface area (Å²) in [6.45, 7) is 2.05. The predicted molar refractivity (Wildman–Crippen MR) is 45.8 cm³/mol. The zero-order valence-electron chi connectivity index (χ0n) is 7.36. The first-order valence-corrected chi connectivity index (χ1v) is 4.26. The maximum atomic E-state index is 10.3. The van der Waals surface area contributed by atoms with Crippen molar-refractivity contribution in [1.29, 1.82) is 0 Å². The Morgan fingerprint density at radius 3 is 2.50 bits per heavy atom. The fraction of sp³-hybridized carbons (Fsp3) is 0.875. The van der Waals surface area contributed by atoms with E-state index in [9.17, 15) is 9.90 Å². The predicted octanol–water partition coefficient (Wildman–Crippen LogP) is 0.339. The van der Waals surface area contributed by atoms with E-state index >= 15 is 0 Å². The molecule has 4 nitrogen and oxygen atoms in total. The van der Waals surface area contributed by atoms with Gasteiger partial charge in [-0.3, -0.25) is 4.79 Å². The van der Waals surface area contributed by atoms with Crippen molar-refractivity contribution in [3.63, 3.8) is 0 Å². The van der Waals surface area contributed by atoms with Gasteiger partial charge in [0.2, 0.25) is 0 Å². The van der Waals surface area contributed by atoms with Crippen molar-refractivity contribution in [2.24, 2.45) is 5.73 Å². The first-order valence-electron chi connectivity index (χ1n) is 4.26. The second kappa shape index (κ2) is 5.97. The van der Waals surface area contributed by atoms with Crippen molar-refractivity contribution in [3.8, 4) is 0 Å². The zero-order chi connectivity index (χ0) is 9.56. The van der Waals surface area contributed by atoms with E-state index < -0.39 is 18.1 Å². The average Bonchev–Trinajstić information content (AvgIpc) is 2.03. The maximum Gasteiger partial charge on any atom is 0.323 e. The second-order valence-corrected chi connectivity index (χ2v) is 2.93. The molecule has 0 aromatic rings. The van der Waals surface area contributed by atoms with Crippen molar-refractivity contribution in [2.45, 2.75) is 44.8 Å². The molecule has 0 spiro atoms. The van der Waals surface area contributed by atoms with E-state index in [0.717, 1.165) is 19.3 Å². The Labute approximate surface area is 72.4 Å². The van der Waals surface area contributed by atoms with Gasteiger partial charge in [-0.2, -0.15) is 0 Å².